The summed E-state index contributed by atoms with van der Waals surface area (Å²) in [5, 5.41) is 2.55. The minimum atomic E-state index is -4.35. The van der Waals surface area contributed by atoms with Gasteiger partial charge in [-0.2, -0.15) is 0 Å². The van der Waals surface area contributed by atoms with Gasteiger partial charge in [0.1, 0.15) is 6.61 Å². The summed E-state index contributed by atoms with van der Waals surface area (Å²) in [5.41, 5.74) is -0.508. The summed E-state index contributed by atoms with van der Waals surface area (Å²) in [7, 11) is -3.29. The topological polar surface area (TPSA) is 103 Å². The summed E-state index contributed by atoms with van der Waals surface area (Å²) in [5.74, 6) is -0.165. The summed E-state index contributed by atoms with van der Waals surface area (Å²) < 4.78 is 18.8. The number of hydrogen-bond acceptors (Lipinski definition) is 6. The monoisotopic (exact) mass is 271 g/mol. The van der Waals surface area contributed by atoms with Crippen LogP contribution >= 0.6 is 7.82 Å². The van der Waals surface area contributed by atoms with Crippen molar-refractivity contribution in [3.05, 3.63) is 0 Å². The average molecular weight is 271 g/mol. The zero-order chi connectivity index (χ0) is 13.5. The van der Waals surface area contributed by atoms with Gasteiger partial charge in [0.25, 0.3) is 0 Å². The Hall–Kier alpha value is -0.500. The van der Waals surface area contributed by atoms with Crippen LogP contribution in [0.25, 0.3) is 0 Å². The second-order valence-corrected chi connectivity index (χ2v) is 5.35. The summed E-state index contributed by atoms with van der Waals surface area (Å²) in [6, 6.07) is 0. The maximum atomic E-state index is 11.4. The van der Waals surface area contributed by atoms with Crippen LogP contribution in [0.2, 0.25) is 0 Å². The van der Waals surface area contributed by atoms with Crippen LogP contribution in [0.15, 0.2) is 0 Å². The predicted octanol–water partition coefficient (Wildman–Crippen LogP) is 0.775. The molecule has 0 saturated heterocycles. The lowest BCUT2D eigenvalue weighted by Crippen LogP contribution is -2.36. The van der Waals surface area contributed by atoms with E-state index in [-0.39, 0.29) is 19.1 Å². The van der Waals surface area contributed by atoms with Crippen molar-refractivity contribution >= 4 is 13.7 Å². The van der Waals surface area contributed by atoms with Crippen LogP contribution in [0.3, 0.4) is 0 Å². The SMILES string of the molecule is COOP(=O)(O)OOCCNC(=O)C(C)(C)C. The van der Waals surface area contributed by atoms with Crippen LogP contribution in [-0.2, 0) is 28.5 Å². The van der Waals surface area contributed by atoms with E-state index in [9.17, 15) is 9.36 Å². The van der Waals surface area contributed by atoms with Gasteiger partial charge >= 0.3 is 7.82 Å². The van der Waals surface area contributed by atoms with Crippen molar-refractivity contribution in [2.75, 3.05) is 20.3 Å². The average Bonchev–Trinajstić information content (AvgIpc) is 2.15. The highest BCUT2D eigenvalue weighted by Gasteiger charge is 2.24. The molecule has 0 bridgehead atoms. The van der Waals surface area contributed by atoms with Crippen molar-refractivity contribution in [2.45, 2.75) is 20.8 Å². The number of phosphoric acid groups is 1. The van der Waals surface area contributed by atoms with Gasteiger partial charge in [-0.15, -0.1) is 9.35 Å². The van der Waals surface area contributed by atoms with Crippen molar-refractivity contribution < 1.29 is 33.4 Å². The number of carbonyl (C=O) groups is 1. The molecule has 1 amide bonds. The lowest BCUT2D eigenvalue weighted by atomic mass is 9.96. The van der Waals surface area contributed by atoms with E-state index in [1.165, 1.54) is 0 Å². The molecule has 0 saturated carbocycles. The summed E-state index contributed by atoms with van der Waals surface area (Å²) in [6.45, 7) is 5.32. The van der Waals surface area contributed by atoms with Gasteiger partial charge in [-0.3, -0.25) is 9.69 Å². The van der Waals surface area contributed by atoms with E-state index in [2.05, 4.69) is 24.4 Å². The van der Waals surface area contributed by atoms with Gasteiger partial charge in [-0.1, -0.05) is 20.8 Å². The molecule has 0 spiro atoms. The fourth-order valence-corrected chi connectivity index (χ4v) is 1.10. The Labute approximate surface area is 99.7 Å². The Bertz CT molecular complexity index is 288. The number of nitrogens with one attached hydrogen (secondary N) is 1. The number of carbonyl (C=O) groups excluding carboxylic acids is 1. The fourth-order valence-electron chi connectivity index (χ4n) is 0.682. The third-order valence-electron chi connectivity index (χ3n) is 1.47. The predicted molar refractivity (Wildman–Crippen MR) is 57.4 cm³/mol. The van der Waals surface area contributed by atoms with E-state index >= 15 is 0 Å². The Balaban J connectivity index is 3.67. The molecule has 0 aromatic heterocycles. The Morgan fingerprint density at radius 2 is 1.94 bits per heavy atom. The van der Waals surface area contributed by atoms with Crippen molar-refractivity contribution in [1.29, 1.82) is 0 Å². The van der Waals surface area contributed by atoms with Crippen molar-refractivity contribution in [3.63, 3.8) is 0 Å². The van der Waals surface area contributed by atoms with Crippen molar-refractivity contribution in [1.82, 2.24) is 5.32 Å². The molecule has 2 N–H and O–H groups in total. The molecule has 0 heterocycles. The number of hydrogen-bond donors (Lipinski definition) is 2. The molecule has 9 heteroatoms. The molecule has 1 atom stereocenters. The molecule has 0 aromatic carbocycles. The fraction of sp³-hybridized carbons (Fsp3) is 0.875. The Morgan fingerprint density at radius 3 is 2.41 bits per heavy atom. The highest BCUT2D eigenvalue weighted by molar-refractivity contribution is 7.47. The minimum Gasteiger partial charge on any atom is -0.353 e. The standard InChI is InChI=1S/C8H18NO7P/c1-8(2,3)7(10)9-5-6-14-16-17(11,12)15-13-4/h5-6H2,1-4H3,(H,9,10)(H,11,12). The molecule has 8 nitrogen and oxygen atoms in total. The van der Waals surface area contributed by atoms with Gasteiger partial charge in [0.2, 0.25) is 5.91 Å². The molecule has 102 valence electrons. The first kappa shape index (κ1) is 16.5. The highest BCUT2D eigenvalue weighted by atomic mass is 31.2. The molecule has 0 aromatic rings. The van der Waals surface area contributed by atoms with Crippen molar-refractivity contribution in [2.24, 2.45) is 5.41 Å². The second-order valence-electron chi connectivity index (χ2n) is 4.11. The van der Waals surface area contributed by atoms with E-state index in [1.54, 1.807) is 20.8 Å². The van der Waals surface area contributed by atoms with Crippen LogP contribution in [0.4, 0.5) is 0 Å². The third-order valence-corrected chi connectivity index (χ3v) is 2.10. The van der Waals surface area contributed by atoms with E-state index in [1.807, 2.05) is 0 Å². The Kier molecular flexibility index (Phi) is 6.84. The lowest BCUT2D eigenvalue weighted by Gasteiger charge is -2.17. The zero-order valence-electron chi connectivity index (χ0n) is 10.3. The van der Waals surface area contributed by atoms with Crippen molar-refractivity contribution in [3.8, 4) is 0 Å². The summed E-state index contributed by atoms with van der Waals surface area (Å²) >= 11 is 0. The third kappa shape index (κ3) is 8.25. The number of amides is 1. The minimum absolute atomic E-state index is 0.0978. The molecule has 0 rings (SSSR count). The van der Waals surface area contributed by atoms with Crippen LogP contribution < -0.4 is 5.32 Å². The first-order valence-corrected chi connectivity index (χ1v) is 6.33. The van der Waals surface area contributed by atoms with E-state index in [0.717, 1.165) is 7.11 Å². The van der Waals surface area contributed by atoms with Gasteiger partial charge in [0.05, 0.1) is 7.11 Å². The van der Waals surface area contributed by atoms with E-state index in [0.29, 0.717) is 0 Å². The molecule has 0 aliphatic carbocycles. The maximum Gasteiger partial charge on any atom is 0.526 e. The molecule has 0 radical (unpaired) electrons. The van der Waals surface area contributed by atoms with Crippen LogP contribution in [-0.4, -0.2) is 31.1 Å². The largest absolute Gasteiger partial charge is 0.526 e. The molecule has 0 aliphatic heterocycles. The summed E-state index contributed by atoms with van der Waals surface area (Å²) in [6.07, 6.45) is 0. The maximum absolute atomic E-state index is 11.4. The highest BCUT2D eigenvalue weighted by Crippen LogP contribution is 2.43. The molecule has 0 fully saturated rings. The van der Waals surface area contributed by atoms with Crippen LogP contribution in [0.5, 0.6) is 0 Å². The number of rotatable bonds is 7. The van der Waals surface area contributed by atoms with Gasteiger partial charge in [0, 0.05) is 12.0 Å². The molecular formula is C8H18NO7P. The summed E-state index contributed by atoms with van der Waals surface area (Å²) in [4.78, 5) is 28.5. The molecule has 1 unspecified atom stereocenters. The zero-order valence-corrected chi connectivity index (χ0v) is 11.2. The van der Waals surface area contributed by atoms with Gasteiger partial charge < -0.3 is 5.32 Å². The van der Waals surface area contributed by atoms with Gasteiger partial charge in [0.15, 0.2) is 0 Å². The second kappa shape index (κ2) is 7.05. The molecule has 17 heavy (non-hydrogen) atoms. The van der Waals surface area contributed by atoms with Crippen LogP contribution in [0, 0.1) is 5.41 Å². The first-order valence-electron chi connectivity index (χ1n) is 4.84. The van der Waals surface area contributed by atoms with Gasteiger partial charge in [-0.25, -0.2) is 14.3 Å². The van der Waals surface area contributed by atoms with E-state index in [4.69, 9.17) is 4.89 Å². The smallest absolute Gasteiger partial charge is 0.353 e. The lowest BCUT2D eigenvalue weighted by molar-refractivity contribution is -0.267. The molecular weight excluding hydrogens is 253 g/mol. The molecule has 0 aliphatic rings. The quantitative estimate of drug-likeness (QED) is 0.305. The van der Waals surface area contributed by atoms with Gasteiger partial charge in [-0.05, 0) is 0 Å². The van der Waals surface area contributed by atoms with E-state index < -0.39 is 13.2 Å². The first-order chi connectivity index (χ1) is 7.69. The normalized spacial score (nSPS) is 15.4. The Morgan fingerprint density at radius 1 is 1.35 bits per heavy atom. The van der Waals surface area contributed by atoms with Crippen LogP contribution in [0.1, 0.15) is 20.8 Å².